The Balaban J connectivity index is 1.75. The van der Waals surface area contributed by atoms with Crippen molar-refractivity contribution in [2.24, 2.45) is 11.8 Å². The lowest BCUT2D eigenvalue weighted by Crippen LogP contribution is -2.46. The Hall–Kier alpha value is -0.0800. The van der Waals surface area contributed by atoms with E-state index in [1.54, 1.807) is 0 Å². The summed E-state index contributed by atoms with van der Waals surface area (Å²) < 4.78 is 0. The van der Waals surface area contributed by atoms with Crippen LogP contribution in [0.2, 0.25) is 0 Å². The van der Waals surface area contributed by atoms with Gasteiger partial charge in [0, 0.05) is 12.1 Å². The van der Waals surface area contributed by atoms with Crippen molar-refractivity contribution in [2.45, 2.75) is 64.5 Å². The zero-order chi connectivity index (χ0) is 12.3. The van der Waals surface area contributed by atoms with E-state index in [-0.39, 0.29) is 0 Å². The van der Waals surface area contributed by atoms with Crippen molar-refractivity contribution in [1.29, 1.82) is 0 Å². The van der Waals surface area contributed by atoms with Gasteiger partial charge in [0.15, 0.2) is 0 Å². The van der Waals surface area contributed by atoms with Gasteiger partial charge in [0.2, 0.25) is 0 Å². The van der Waals surface area contributed by atoms with Gasteiger partial charge in [-0.2, -0.15) is 0 Å². The molecule has 2 nitrogen and oxygen atoms in total. The SMILES string of the molecule is CC(C)C1CCCC(NC2CCN(C)CC2)C1. The molecular formula is C15H30N2. The van der Waals surface area contributed by atoms with Gasteiger partial charge in [0.05, 0.1) is 0 Å². The molecule has 2 aliphatic rings. The number of rotatable bonds is 3. The summed E-state index contributed by atoms with van der Waals surface area (Å²) in [4.78, 5) is 2.45. The van der Waals surface area contributed by atoms with Crippen LogP contribution in [0.15, 0.2) is 0 Å². The first kappa shape index (κ1) is 13.4. The van der Waals surface area contributed by atoms with E-state index in [1.807, 2.05) is 0 Å². The van der Waals surface area contributed by atoms with E-state index in [1.165, 1.54) is 51.6 Å². The Labute approximate surface area is 107 Å². The van der Waals surface area contributed by atoms with Crippen LogP contribution in [0.4, 0.5) is 0 Å². The van der Waals surface area contributed by atoms with Crippen LogP contribution in [-0.4, -0.2) is 37.1 Å². The first-order valence-electron chi connectivity index (χ1n) is 7.59. The molecule has 0 amide bonds. The lowest BCUT2D eigenvalue weighted by atomic mass is 9.79. The van der Waals surface area contributed by atoms with Crippen LogP contribution in [0, 0.1) is 11.8 Å². The van der Waals surface area contributed by atoms with Crippen LogP contribution >= 0.6 is 0 Å². The van der Waals surface area contributed by atoms with Crippen LogP contribution in [0.25, 0.3) is 0 Å². The van der Waals surface area contributed by atoms with Crippen LogP contribution in [0.3, 0.4) is 0 Å². The van der Waals surface area contributed by atoms with Crippen LogP contribution in [-0.2, 0) is 0 Å². The largest absolute Gasteiger partial charge is 0.311 e. The highest BCUT2D eigenvalue weighted by molar-refractivity contribution is 4.84. The number of piperidine rings is 1. The number of nitrogens with zero attached hydrogens (tertiary/aromatic N) is 1. The van der Waals surface area contributed by atoms with Crippen molar-refractivity contribution in [3.8, 4) is 0 Å². The molecule has 17 heavy (non-hydrogen) atoms. The van der Waals surface area contributed by atoms with Crippen LogP contribution in [0.5, 0.6) is 0 Å². The van der Waals surface area contributed by atoms with Crippen molar-refractivity contribution in [3.63, 3.8) is 0 Å². The minimum atomic E-state index is 0.794. The summed E-state index contributed by atoms with van der Waals surface area (Å²) in [5.41, 5.74) is 0. The zero-order valence-electron chi connectivity index (χ0n) is 11.9. The van der Waals surface area contributed by atoms with Gasteiger partial charge < -0.3 is 10.2 Å². The molecule has 2 unspecified atom stereocenters. The van der Waals surface area contributed by atoms with E-state index >= 15 is 0 Å². The molecule has 100 valence electrons. The van der Waals surface area contributed by atoms with Crippen molar-refractivity contribution < 1.29 is 0 Å². The third kappa shape index (κ3) is 3.96. The highest BCUT2D eigenvalue weighted by Crippen LogP contribution is 2.30. The van der Waals surface area contributed by atoms with Crippen molar-refractivity contribution >= 4 is 0 Å². The minimum absolute atomic E-state index is 0.794. The lowest BCUT2D eigenvalue weighted by molar-refractivity contribution is 0.184. The molecular weight excluding hydrogens is 208 g/mol. The summed E-state index contributed by atoms with van der Waals surface area (Å²) in [6.45, 7) is 7.33. The Morgan fingerprint density at radius 1 is 1.00 bits per heavy atom. The van der Waals surface area contributed by atoms with E-state index in [0.29, 0.717) is 0 Å². The molecule has 1 heterocycles. The predicted molar refractivity (Wildman–Crippen MR) is 74.2 cm³/mol. The predicted octanol–water partition coefficient (Wildman–Crippen LogP) is 2.89. The average Bonchev–Trinajstić information content (AvgIpc) is 2.32. The van der Waals surface area contributed by atoms with Gasteiger partial charge >= 0.3 is 0 Å². The van der Waals surface area contributed by atoms with E-state index < -0.39 is 0 Å². The molecule has 1 saturated carbocycles. The molecule has 0 bridgehead atoms. The van der Waals surface area contributed by atoms with Gasteiger partial charge in [-0.3, -0.25) is 0 Å². The number of likely N-dealkylation sites (tertiary alicyclic amines) is 1. The van der Waals surface area contributed by atoms with Crippen molar-refractivity contribution in [1.82, 2.24) is 10.2 Å². The monoisotopic (exact) mass is 238 g/mol. The molecule has 1 aliphatic carbocycles. The normalized spacial score (nSPS) is 33.2. The van der Waals surface area contributed by atoms with Gasteiger partial charge in [-0.05, 0) is 57.7 Å². The molecule has 2 rings (SSSR count). The maximum atomic E-state index is 3.94. The van der Waals surface area contributed by atoms with Gasteiger partial charge in [0.1, 0.15) is 0 Å². The second-order valence-corrected chi connectivity index (χ2v) is 6.61. The number of nitrogens with one attached hydrogen (secondary N) is 1. The third-order valence-electron chi connectivity index (χ3n) is 4.85. The molecule has 2 atom stereocenters. The summed E-state index contributed by atoms with van der Waals surface area (Å²) in [7, 11) is 2.24. The molecule has 1 aliphatic heterocycles. The fourth-order valence-corrected chi connectivity index (χ4v) is 3.49. The zero-order valence-corrected chi connectivity index (χ0v) is 11.9. The fourth-order valence-electron chi connectivity index (χ4n) is 3.49. The third-order valence-corrected chi connectivity index (χ3v) is 4.85. The number of hydrogen-bond acceptors (Lipinski definition) is 2. The highest BCUT2D eigenvalue weighted by atomic mass is 15.1. The molecule has 2 heteroatoms. The number of hydrogen-bond donors (Lipinski definition) is 1. The second-order valence-electron chi connectivity index (χ2n) is 6.61. The van der Waals surface area contributed by atoms with E-state index in [2.05, 4.69) is 31.1 Å². The molecule has 1 N–H and O–H groups in total. The average molecular weight is 238 g/mol. The first-order chi connectivity index (χ1) is 8.15. The van der Waals surface area contributed by atoms with Gasteiger partial charge in [-0.15, -0.1) is 0 Å². The Morgan fingerprint density at radius 3 is 2.35 bits per heavy atom. The second kappa shape index (κ2) is 6.19. The Bertz CT molecular complexity index is 219. The molecule has 0 aromatic rings. The van der Waals surface area contributed by atoms with Crippen molar-refractivity contribution in [2.75, 3.05) is 20.1 Å². The summed E-state index contributed by atoms with van der Waals surface area (Å²) in [5, 5.41) is 3.94. The van der Waals surface area contributed by atoms with Crippen LogP contribution < -0.4 is 5.32 Å². The summed E-state index contributed by atoms with van der Waals surface area (Å²) >= 11 is 0. The molecule has 0 aromatic carbocycles. The quantitative estimate of drug-likeness (QED) is 0.813. The lowest BCUT2D eigenvalue weighted by Gasteiger charge is -2.37. The summed E-state index contributed by atoms with van der Waals surface area (Å²) in [6.07, 6.45) is 8.43. The van der Waals surface area contributed by atoms with E-state index in [0.717, 1.165) is 23.9 Å². The Morgan fingerprint density at radius 2 is 1.71 bits per heavy atom. The maximum absolute atomic E-state index is 3.94. The van der Waals surface area contributed by atoms with Gasteiger partial charge in [-0.1, -0.05) is 26.7 Å². The maximum Gasteiger partial charge on any atom is 0.00939 e. The Kier molecular flexibility index (Phi) is 4.87. The van der Waals surface area contributed by atoms with Crippen LogP contribution in [0.1, 0.15) is 52.4 Å². The fraction of sp³-hybridized carbons (Fsp3) is 1.00. The standard InChI is InChI=1S/C15H30N2/c1-12(2)13-5-4-6-15(11-13)16-14-7-9-17(3)10-8-14/h12-16H,4-11H2,1-3H3. The molecule has 1 saturated heterocycles. The van der Waals surface area contributed by atoms with E-state index in [9.17, 15) is 0 Å². The first-order valence-corrected chi connectivity index (χ1v) is 7.59. The van der Waals surface area contributed by atoms with E-state index in [4.69, 9.17) is 0 Å². The smallest absolute Gasteiger partial charge is 0.00939 e. The minimum Gasteiger partial charge on any atom is -0.311 e. The summed E-state index contributed by atoms with van der Waals surface area (Å²) in [5.74, 6) is 1.84. The van der Waals surface area contributed by atoms with Crippen molar-refractivity contribution in [3.05, 3.63) is 0 Å². The topological polar surface area (TPSA) is 15.3 Å². The highest BCUT2D eigenvalue weighted by Gasteiger charge is 2.26. The molecule has 0 aromatic heterocycles. The van der Waals surface area contributed by atoms with Gasteiger partial charge in [-0.25, -0.2) is 0 Å². The summed E-state index contributed by atoms with van der Waals surface area (Å²) in [6, 6.07) is 1.60. The van der Waals surface area contributed by atoms with Gasteiger partial charge in [0.25, 0.3) is 0 Å². The molecule has 2 fully saturated rings. The molecule has 0 spiro atoms. The molecule has 0 radical (unpaired) electrons.